The quantitative estimate of drug-likeness (QED) is 0.883. The lowest BCUT2D eigenvalue weighted by Crippen LogP contribution is -2.50. The van der Waals surface area contributed by atoms with E-state index in [0.717, 1.165) is 19.4 Å². The third-order valence-corrected chi connectivity index (χ3v) is 5.47. The Morgan fingerprint density at radius 1 is 1.24 bits per heavy atom. The third-order valence-electron chi connectivity index (χ3n) is 5.47. The molecule has 0 bridgehead atoms. The summed E-state index contributed by atoms with van der Waals surface area (Å²) in [5.41, 5.74) is 2.36. The van der Waals surface area contributed by atoms with Crippen LogP contribution in [0.5, 0.6) is 0 Å². The molecule has 2 unspecified atom stereocenters. The van der Waals surface area contributed by atoms with Crippen molar-refractivity contribution in [1.29, 1.82) is 0 Å². The molecule has 2 nitrogen and oxygen atoms in total. The van der Waals surface area contributed by atoms with Crippen molar-refractivity contribution in [1.82, 2.24) is 5.32 Å². The predicted octanol–water partition coefficient (Wildman–Crippen LogP) is 3.77. The van der Waals surface area contributed by atoms with Crippen LogP contribution in [0.1, 0.15) is 62.5 Å². The van der Waals surface area contributed by atoms with Crippen molar-refractivity contribution >= 4 is 0 Å². The third kappa shape index (κ3) is 3.67. The molecule has 1 aromatic rings. The van der Waals surface area contributed by atoms with Crippen molar-refractivity contribution in [3.8, 4) is 0 Å². The van der Waals surface area contributed by atoms with Crippen molar-refractivity contribution < 1.29 is 5.11 Å². The minimum Gasteiger partial charge on any atom is -0.389 e. The van der Waals surface area contributed by atoms with Crippen LogP contribution in [-0.4, -0.2) is 23.3 Å². The summed E-state index contributed by atoms with van der Waals surface area (Å²) in [4.78, 5) is 0. The Bertz CT molecular complexity index is 463. The van der Waals surface area contributed by atoms with Gasteiger partial charge in [0.15, 0.2) is 0 Å². The summed E-state index contributed by atoms with van der Waals surface area (Å²) >= 11 is 0. The van der Waals surface area contributed by atoms with Crippen molar-refractivity contribution in [3.63, 3.8) is 0 Å². The van der Waals surface area contributed by atoms with E-state index in [-0.39, 0.29) is 0 Å². The summed E-state index contributed by atoms with van der Waals surface area (Å²) in [7, 11) is 0. The molecule has 2 aliphatic rings. The van der Waals surface area contributed by atoms with Crippen molar-refractivity contribution in [2.24, 2.45) is 5.92 Å². The molecular weight excluding hydrogens is 258 g/mol. The van der Waals surface area contributed by atoms with Gasteiger partial charge in [-0.2, -0.15) is 0 Å². The van der Waals surface area contributed by atoms with Crippen LogP contribution in [0.4, 0.5) is 0 Å². The predicted molar refractivity (Wildman–Crippen MR) is 87.5 cm³/mol. The zero-order valence-electron chi connectivity index (χ0n) is 13.4. The second-order valence-electron chi connectivity index (χ2n) is 7.58. The zero-order valence-corrected chi connectivity index (χ0v) is 13.4. The molecule has 2 aliphatic carbocycles. The van der Waals surface area contributed by atoms with Gasteiger partial charge in [0.25, 0.3) is 0 Å². The van der Waals surface area contributed by atoms with Crippen molar-refractivity contribution in [2.75, 3.05) is 6.54 Å². The maximum atomic E-state index is 10.7. The van der Waals surface area contributed by atoms with Gasteiger partial charge in [-0.05, 0) is 50.0 Å². The van der Waals surface area contributed by atoms with E-state index in [1.54, 1.807) is 0 Å². The standard InChI is InChI=1S/C19H29NO/c1-14-5-7-16(8-6-14)17-10-18(11-17)20-13-19(21)9-3-4-15(2)12-19/h5-8,15,17-18,20-21H,3-4,9-13H2,1-2H3. The van der Waals surface area contributed by atoms with Crippen molar-refractivity contribution in [2.45, 2.75) is 69.9 Å². The molecule has 3 rings (SSSR count). The lowest BCUT2D eigenvalue weighted by Gasteiger charge is -2.41. The molecule has 2 atom stereocenters. The average Bonchev–Trinajstić information content (AvgIpc) is 2.38. The average molecular weight is 287 g/mol. The first-order valence-corrected chi connectivity index (χ1v) is 8.56. The second kappa shape index (κ2) is 6.10. The van der Waals surface area contributed by atoms with E-state index in [4.69, 9.17) is 0 Å². The summed E-state index contributed by atoms with van der Waals surface area (Å²) in [5, 5.41) is 14.3. The van der Waals surface area contributed by atoms with E-state index in [1.807, 2.05) is 0 Å². The van der Waals surface area contributed by atoms with Crippen LogP contribution in [0.2, 0.25) is 0 Å². The van der Waals surface area contributed by atoms with Gasteiger partial charge in [0.1, 0.15) is 0 Å². The number of benzene rings is 1. The SMILES string of the molecule is Cc1ccc(C2CC(NCC3(O)CCCC(C)C3)C2)cc1. The van der Waals surface area contributed by atoms with Crippen LogP contribution in [0.25, 0.3) is 0 Å². The molecule has 0 heterocycles. The van der Waals surface area contributed by atoms with Gasteiger partial charge < -0.3 is 10.4 Å². The van der Waals surface area contributed by atoms with E-state index >= 15 is 0 Å². The van der Waals surface area contributed by atoms with Crippen LogP contribution in [-0.2, 0) is 0 Å². The molecule has 0 saturated heterocycles. The Balaban J connectivity index is 1.43. The van der Waals surface area contributed by atoms with Crippen LogP contribution >= 0.6 is 0 Å². The molecule has 21 heavy (non-hydrogen) atoms. The van der Waals surface area contributed by atoms with E-state index in [1.165, 1.54) is 36.8 Å². The van der Waals surface area contributed by atoms with Gasteiger partial charge in [0.2, 0.25) is 0 Å². The normalized spacial score (nSPS) is 36.2. The summed E-state index contributed by atoms with van der Waals surface area (Å²) in [6.07, 6.45) is 6.83. The van der Waals surface area contributed by atoms with Crippen LogP contribution < -0.4 is 5.32 Å². The fourth-order valence-corrected chi connectivity index (χ4v) is 4.02. The topological polar surface area (TPSA) is 32.3 Å². The highest BCUT2D eigenvalue weighted by Crippen LogP contribution is 2.38. The molecule has 0 aliphatic heterocycles. The van der Waals surface area contributed by atoms with Gasteiger partial charge in [-0.15, -0.1) is 0 Å². The smallest absolute Gasteiger partial charge is 0.0774 e. The summed E-state index contributed by atoms with van der Waals surface area (Å²) in [5.74, 6) is 1.38. The molecule has 0 radical (unpaired) electrons. The van der Waals surface area contributed by atoms with Gasteiger partial charge >= 0.3 is 0 Å². The molecule has 2 N–H and O–H groups in total. The lowest BCUT2D eigenvalue weighted by atomic mass is 9.74. The van der Waals surface area contributed by atoms with Crippen LogP contribution in [0.3, 0.4) is 0 Å². The first kappa shape index (κ1) is 15.1. The number of rotatable bonds is 4. The Kier molecular flexibility index (Phi) is 4.37. The van der Waals surface area contributed by atoms with Crippen LogP contribution in [0, 0.1) is 12.8 Å². The van der Waals surface area contributed by atoms with E-state index in [9.17, 15) is 5.11 Å². The molecule has 0 spiro atoms. The summed E-state index contributed by atoms with van der Waals surface area (Å²) in [6, 6.07) is 9.56. The minimum atomic E-state index is -0.452. The molecule has 2 heteroatoms. The molecule has 2 fully saturated rings. The van der Waals surface area contributed by atoms with E-state index < -0.39 is 5.60 Å². The number of hydrogen-bond acceptors (Lipinski definition) is 2. The van der Waals surface area contributed by atoms with Crippen LogP contribution in [0.15, 0.2) is 24.3 Å². The summed E-state index contributed by atoms with van der Waals surface area (Å²) < 4.78 is 0. The van der Waals surface area contributed by atoms with Gasteiger partial charge in [0.05, 0.1) is 5.60 Å². The minimum absolute atomic E-state index is 0.452. The highest BCUT2D eigenvalue weighted by molar-refractivity contribution is 5.26. The fraction of sp³-hybridized carbons (Fsp3) is 0.684. The van der Waals surface area contributed by atoms with E-state index in [2.05, 4.69) is 43.4 Å². The first-order chi connectivity index (χ1) is 10.0. The number of hydrogen-bond donors (Lipinski definition) is 2. The fourth-order valence-electron chi connectivity index (χ4n) is 4.02. The Morgan fingerprint density at radius 2 is 1.95 bits per heavy atom. The van der Waals surface area contributed by atoms with Crippen molar-refractivity contribution in [3.05, 3.63) is 35.4 Å². The molecule has 0 aromatic heterocycles. The lowest BCUT2D eigenvalue weighted by molar-refractivity contribution is -0.0162. The number of nitrogens with one attached hydrogen (secondary N) is 1. The molecule has 0 amide bonds. The maximum absolute atomic E-state index is 10.7. The molecule has 116 valence electrons. The second-order valence-corrected chi connectivity index (χ2v) is 7.58. The highest BCUT2D eigenvalue weighted by atomic mass is 16.3. The number of aliphatic hydroxyl groups is 1. The monoisotopic (exact) mass is 287 g/mol. The number of aryl methyl sites for hydroxylation is 1. The molecular formula is C19H29NO. The van der Waals surface area contributed by atoms with Gasteiger partial charge in [-0.1, -0.05) is 49.6 Å². The Labute approximate surface area is 129 Å². The van der Waals surface area contributed by atoms with Gasteiger partial charge in [-0.3, -0.25) is 0 Å². The molecule has 2 saturated carbocycles. The maximum Gasteiger partial charge on any atom is 0.0774 e. The first-order valence-electron chi connectivity index (χ1n) is 8.56. The Morgan fingerprint density at radius 3 is 2.62 bits per heavy atom. The van der Waals surface area contributed by atoms with Gasteiger partial charge in [0, 0.05) is 12.6 Å². The van der Waals surface area contributed by atoms with Gasteiger partial charge in [-0.25, -0.2) is 0 Å². The van der Waals surface area contributed by atoms with E-state index in [0.29, 0.717) is 17.9 Å². The Hall–Kier alpha value is -0.860. The largest absolute Gasteiger partial charge is 0.389 e. The summed E-state index contributed by atoms with van der Waals surface area (Å²) in [6.45, 7) is 5.18. The zero-order chi connectivity index (χ0) is 14.9. The molecule has 1 aromatic carbocycles. The highest BCUT2D eigenvalue weighted by Gasteiger charge is 2.35.